The van der Waals surface area contributed by atoms with E-state index in [1.807, 2.05) is 9.62 Å². The molecular weight excluding hydrogens is 146 g/mol. The molecule has 2 rings (SSSR count). The molecule has 2 aliphatic rings. The van der Waals surface area contributed by atoms with Crippen LogP contribution >= 0.6 is 0 Å². The highest BCUT2D eigenvalue weighted by Crippen LogP contribution is 2.23. The van der Waals surface area contributed by atoms with Crippen molar-refractivity contribution < 1.29 is 0 Å². The first-order valence-electron chi connectivity index (χ1n) is 4.48. The lowest BCUT2D eigenvalue weighted by Gasteiger charge is -2.46. The van der Waals surface area contributed by atoms with Crippen LogP contribution in [0.15, 0.2) is 12.2 Å². The van der Waals surface area contributed by atoms with E-state index in [4.69, 9.17) is 16.0 Å². The Morgan fingerprint density at radius 3 is 2.67 bits per heavy atom. The molecule has 0 aromatic heterocycles. The molecule has 12 heavy (non-hydrogen) atoms. The Hall–Kier alpha value is -0.210. The zero-order valence-electron chi connectivity index (χ0n) is 7.19. The maximum atomic E-state index is 5.87. The van der Waals surface area contributed by atoms with Crippen LogP contribution in [0.4, 0.5) is 0 Å². The van der Waals surface area contributed by atoms with E-state index in [-0.39, 0.29) is 0 Å². The molecule has 1 aliphatic heterocycles. The largest absolute Gasteiger partial charge is 0.348 e. The maximum absolute atomic E-state index is 5.87. The first-order valence-corrected chi connectivity index (χ1v) is 4.48. The third-order valence-electron chi connectivity index (χ3n) is 2.78. The minimum absolute atomic E-state index is 0.331. The molecule has 0 saturated carbocycles. The van der Waals surface area contributed by atoms with Gasteiger partial charge >= 0.3 is 0 Å². The predicted octanol–water partition coefficient (Wildman–Crippen LogP) is -0.142. The topological polar surface area (TPSA) is 6.48 Å². The summed E-state index contributed by atoms with van der Waals surface area (Å²) in [6.45, 7) is 1.74. The number of piperazine rings is 1. The molecule has 2 atom stereocenters. The van der Waals surface area contributed by atoms with Crippen molar-refractivity contribution in [3.05, 3.63) is 12.2 Å². The number of nitrogens with zero attached hydrogens (tertiary/aromatic N) is 2. The van der Waals surface area contributed by atoms with Crippen molar-refractivity contribution in [2.45, 2.75) is 24.9 Å². The van der Waals surface area contributed by atoms with E-state index in [0.717, 1.165) is 25.9 Å². The van der Waals surface area contributed by atoms with E-state index in [0.29, 0.717) is 12.1 Å². The summed E-state index contributed by atoms with van der Waals surface area (Å²) < 4.78 is 0. The molecule has 0 bridgehead atoms. The number of hydrogen-bond acceptors (Lipinski definition) is 2. The number of fused-ring (bicyclic) bond motifs is 1. The smallest absolute Gasteiger partial charge is 0.183 e. The average molecular weight is 158 g/mol. The Kier molecular flexibility index (Phi) is 2.28. The molecule has 0 amide bonds. The summed E-state index contributed by atoms with van der Waals surface area (Å²) in [6.07, 6.45) is 6.63. The van der Waals surface area contributed by atoms with Gasteiger partial charge in [0, 0.05) is 12.1 Å². The lowest BCUT2D eigenvalue weighted by molar-refractivity contribution is 0.153. The molecule has 0 N–H and O–H groups in total. The Bertz CT molecular complexity index is 195. The first-order chi connectivity index (χ1) is 5.79. The summed E-state index contributed by atoms with van der Waals surface area (Å²) >= 11 is 0. The van der Waals surface area contributed by atoms with Gasteiger partial charge in [0.05, 0.1) is 0 Å². The van der Waals surface area contributed by atoms with Gasteiger partial charge in [-0.1, -0.05) is 12.2 Å². The number of hydrogen-bond donors (Lipinski definition) is 0. The van der Waals surface area contributed by atoms with Crippen LogP contribution in [0.5, 0.6) is 0 Å². The van der Waals surface area contributed by atoms with E-state index < -0.39 is 0 Å². The molecular formula is C8H12B2N2. The van der Waals surface area contributed by atoms with E-state index in [1.165, 1.54) is 0 Å². The monoisotopic (exact) mass is 158 g/mol. The lowest BCUT2D eigenvalue weighted by atomic mass is 9.88. The van der Waals surface area contributed by atoms with Crippen molar-refractivity contribution in [2.24, 2.45) is 0 Å². The summed E-state index contributed by atoms with van der Waals surface area (Å²) in [7, 11) is 11.7. The molecule has 2 nitrogen and oxygen atoms in total. The molecule has 1 heterocycles. The maximum Gasteiger partial charge on any atom is 0.183 e. The summed E-state index contributed by atoms with van der Waals surface area (Å²) in [5.41, 5.74) is 0. The fourth-order valence-electron chi connectivity index (χ4n) is 2.04. The van der Waals surface area contributed by atoms with Crippen LogP contribution in [0.25, 0.3) is 0 Å². The van der Waals surface area contributed by atoms with Crippen molar-refractivity contribution in [1.82, 2.24) is 9.62 Å². The molecule has 1 aliphatic carbocycles. The molecule has 1 saturated heterocycles. The van der Waals surface area contributed by atoms with Gasteiger partial charge in [-0.2, -0.15) is 0 Å². The Labute approximate surface area is 76.5 Å². The van der Waals surface area contributed by atoms with Gasteiger partial charge in [0.1, 0.15) is 0 Å². The SMILES string of the molecule is [B]N1CCN([B])C2CCC=CC21. The molecule has 0 aromatic rings. The zero-order valence-corrected chi connectivity index (χ0v) is 7.19. The third-order valence-corrected chi connectivity index (χ3v) is 2.78. The van der Waals surface area contributed by atoms with E-state index in [1.54, 1.807) is 0 Å². The second-order valence-electron chi connectivity index (χ2n) is 3.54. The molecule has 0 aromatic carbocycles. The van der Waals surface area contributed by atoms with E-state index in [2.05, 4.69) is 12.2 Å². The normalized spacial score (nSPS) is 38.0. The molecule has 1 fully saturated rings. The van der Waals surface area contributed by atoms with Gasteiger partial charge in [-0.25, -0.2) is 0 Å². The predicted molar refractivity (Wildman–Crippen MR) is 50.9 cm³/mol. The van der Waals surface area contributed by atoms with Crippen LogP contribution in [0, 0.1) is 0 Å². The summed E-state index contributed by atoms with van der Waals surface area (Å²) in [6, 6.07) is 0.756. The Morgan fingerprint density at radius 1 is 1.17 bits per heavy atom. The van der Waals surface area contributed by atoms with Gasteiger partial charge in [0.15, 0.2) is 16.0 Å². The van der Waals surface area contributed by atoms with Gasteiger partial charge in [-0.15, -0.1) is 0 Å². The van der Waals surface area contributed by atoms with Gasteiger partial charge in [-0.3, -0.25) is 0 Å². The number of rotatable bonds is 0. The highest BCUT2D eigenvalue weighted by molar-refractivity contribution is 6.06. The summed E-state index contributed by atoms with van der Waals surface area (Å²) in [4.78, 5) is 3.82. The fraction of sp³-hybridized carbons (Fsp3) is 0.750. The van der Waals surface area contributed by atoms with Crippen molar-refractivity contribution in [1.29, 1.82) is 0 Å². The van der Waals surface area contributed by atoms with E-state index in [9.17, 15) is 0 Å². The molecule has 0 spiro atoms. The third kappa shape index (κ3) is 1.34. The lowest BCUT2D eigenvalue weighted by Crippen LogP contribution is -2.57. The Balaban J connectivity index is 2.14. The van der Waals surface area contributed by atoms with Crippen LogP contribution in [0.1, 0.15) is 12.8 Å². The van der Waals surface area contributed by atoms with Crippen LogP contribution in [-0.4, -0.2) is 50.8 Å². The fourth-order valence-corrected chi connectivity index (χ4v) is 2.04. The Morgan fingerprint density at radius 2 is 1.92 bits per heavy atom. The van der Waals surface area contributed by atoms with Crippen LogP contribution in [0.2, 0.25) is 0 Å². The van der Waals surface area contributed by atoms with Crippen LogP contribution in [0.3, 0.4) is 0 Å². The van der Waals surface area contributed by atoms with Crippen molar-refractivity contribution in [3.8, 4) is 0 Å². The second kappa shape index (κ2) is 3.27. The van der Waals surface area contributed by atoms with Crippen molar-refractivity contribution in [2.75, 3.05) is 13.1 Å². The first kappa shape index (κ1) is 8.39. The van der Waals surface area contributed by atoms with Crippen LogP contribution in [-0.2, 0) is 0 Å². The standard InChI is InChI=1S/C8H12B2N2/c9-11-5-6-12(10)8-4-2-1-3-7(8)11/h1,3,7-8H,2,4-6H2. The summed E-state index contributed by atoms with van der Waals surface area (Å²) in [5.74, 6) is 0. The van der Waals surface area contributed by atoms with Crippen LogP contribution < -0.4 is 0 Å². The zero-order chi connectivity index (χ0) is 8.55. The quantitative estimate of drug-likeness (QED) is 0.357. The molecule has 4 heteroatoms. The average Bonchev–Trinajstić information content (AvgIpc) is 2.12. The number of allylic oxidation sites excluding steroid dienone is 1. The summed E-state index contributed by atoms with van der Waals surface area (Å²) in [5, 5.41) is 0. The van der Waals surface area contributed by atoms with Crippen molar-refractivity contribution >= 4 is 16.0 Å². The molecule has 4 radical (unpaired) electrons. The molecule has 60 valence electrons. The van der Waals surface area contributed by atoms with Gasteiger partial charge in [0.25, 0.3) is 0 Å². The van der Waals surface area contributed by atoms with Gasteiger partial charge in [0.2, 0.25) is 0 Å². The van der Waals surface area contributed by atoms with E-state index >= 15 is 0 Å². The second-order valence-corrected chi connectivity index (χ2v) is 3.54. The van der Waals surface area contributed by atoms with Gasteiger partial charge < -0.3 is 9.62 Å². The highest BCUT2D eigenvalue weighted by Gasteiger charge is 2.30. The highest BCUT2D eigenvalue weighted by atomic mass is 15.2. The minimum atomic E-state index is 0.331. The van der Waals surface area contributed by atoms with Crippen molar-refractivity contribution in [3.63, 3.8) is 0 Å². The minimum Gasteiger partial charge on any atom is -0.348 e. The molecule has 2 unspecified atom stereocenters. The van der Waals surface area contributed by atoms with Gasteiger partial charge in [-0.05, 0) is 25.9 Å².